The summed E-state index contributed by atoms with van der Waals surface area (Å²) in [6.45, 7) is 1.09. The van der Waals surface area contributed by atoms with Crippen LogP contribution in [0.15, 0.2) is 60.1 Å². The molecule has 0 unspecified atom stereocenters. The molecule has 5 nitrogen and oxygen atoms in total. The van der Waals surface area contributed by atoms with Gasteiger partial charge < -0.3 is 4.90 Å². The lowest BCUT2D eigenvalue weighted by Crippen LogP contribution is -2.25. The average Bonchev–Trinajstić information content (AvgIpc) is 3.34. The fourth-order valence-corrected chi connectivity index (χ4v) is 3.36. The van der Waals surface area contributed by atoms with Crippen LogP contribution < -0.4 is 0 Å². The zero-order valence-corrected chi connectivity index (χ0v) is 15.9. The van der Waals surface area contributed by atoms with Crippen LogP contribution in [0.4, 0.5) is 0 Å². The third-order valence-corrected chi connectivity index (χ3v) is 4.95. The van der Waals surface area contributed by atoms with Crippen molar-refractivity contribution >= 4 is 23.3 Å². The van der Waals surface area contributed by atoms with E-state index in [1.54, 1.807) is 35.4 Å². The summed E-state index contributed by atoms with van der Waals surface area (Å²) in [5.74, 6) is -0.127. The number of hydrogen-bond acceptors (Lipinski definition) is 4. The molecular formula is C21H20N4OS. The van der Waals surface area contributed by atoms with Crippen molar-refractivity contribution in [2.24, 2.45) is 0 Å². The van der Waals surface area contributed by atoms with Crippen molar-refractivity contribution in [3.05, 3.63) is 71.2 Å². The highest BCUT2D eigenvalue weighted by molar-refractivity contribution is 7.13. The number of carbonyl (C=O) groups is 1. The normalized spacial score (nSPS) is 10.8. The lowest BCUT2D eigenvalue weighted by atomic mass is 10.2. The van der Waals surface area contributed by atoms with Gasteiger partial charge >= 0.3 is 0 Å². The second kappa shape index (κ2) is 8.97. The van der Waals surface area contributed by atoms with Crippen LogP contribution in [0, 0.1) is 11.3 Å². The smallest absolute Gasteiger partial charge is 0.246 e. The Labute approximate surface area is 162 Å². The highest BCUT2D eigenvalue weighted by atomic mass is 32.1. The van der Waals surface area contributed by atoms with Crippen LogP contribution in [0.2, 0.25) is 0 Å². The summed E-state index contributed by atoms with van der Waals surface area (Å²) in [5.41, 5.74) is 2.93. The zero-order valence-electron chi connectivity index (χ0n) is 15.1. The molecule has 0 bridgehead atoms. The predicted molar refractivity (Wildman–Crippen MR) is 108 cm³/mol. The number of thiophene rings is 1. The quantitative estimate of drug-likeness (QED) is 0.585. The van der Waals surface area contributed by atoms with E-state index < -0.39 is 0 Å². The molecule has 0 saturated carbocycles. The van der Waals surface area contributed by atoms with E-state index >= 15 is 0 Å². The van der Waals surface area contributed by atoms with Crippen LogP contribution in [0.5, 0.6) is 0 Å². The Bertz CT molecular complexity index is 952. The Morgan fingerprint density at radius 3 is 2.81 bits per heavy atom. The van der Waals surface area contributed by atoms with E-state index in [2.05, 4.69) is 18.2 Å². The van der Waals surface area contributed by atoms with E-state index in [0.717, 1.165) is 16.1 Å². The van der Waals surface area contributed by atoms with Crippen LogP contribution in [0.25, 0.3) is 16.6 Å². The first-order valence-electron chi connectivity index (χ1n) is 8.63. The maximum absolute atomic E-state index is 12.2. The Balaban J connectivity index is 1.83. The minimum absolute atomic E-state index is 0.127. The molecule has 0 aliphatic rings. The van der Waals surface area contributed by atoms with E-state index in [9.17, 15) is 4.79 Å². The Hall–Kier alpha value is -3.17. The molecule has 0 fully saturated rings. The Morgan fingerprint density at radius 1 is 1.30 bits per heavy atom. The Kier molecular flexibility index (Phi) is 6.18. The molecule has 1 aromatic carbocycles. The lowest BCUT2D eigenvalue weighted by Gasteiger charge is -2.12. The molecule has 0 atom stereocenters. The summed E-state index contributed by atoms with van der Waals surface area (Å²) in [5, 5.41) is 15.4. The highest BCUT2D eigenvalue weighted by Gasteiger charge is 2.12. The minimum Gasteiger partial charge on any atom is -0.341 e. The van der Waals surface area contributed by atoms with E-state index in [0.29, 0.717) is 19.5 Å². The molecule has 0 aliphatic carbocycles. The van der Waals surface area contributed by atoms with Crippen molar-refractivity contribution in [2.75, 3.05) is 13.6 Å². The third kappa shape index (κ3) is 4.93. The second-order valence-electron chi connectivity index (χ2n) is 6.09. The number of amides is 1. The molecule has 2 heterocycles. The van der Waals surface area contributed by atoms with Gasteiger partial charge in [-0.25, -0.2) is 0 Å². The first-order chi connectivity index (χ1) is 13.2. The number of hydrogen-bond donors (Lipinski definition) is 0. The number of nitrogens with zero attached hydrogens (tertiary/aromatic N) is 4. The van der Waals surface area contributed by atoms with Gasteiger partial charge in [0.15, 0.2) is 0 Å². The van der Waals surface area contributed by atoms with Gasteiger partial charge in [-0.05, 0) is 23.1 Å². The molecule has 3 aromatic rings. The molecule has 0 N–H and O–H groups in total. The lowest BCUT2D eigenvalue weighted by molar-refractivity contribution is -0.124. The second-order valence-corrected chi connectivity index (χ2v) is 7.04. The first-order valence-corrected chi connectivity index (χ1v) is 9.50. The van der Waals surface area contributed by atoms with Crippen LogP contribution in [-0.4, -0.2) is 34.2 Å². The standard InChI is InChI=1S/C21H20N4OS/c1-24(13-6-12-22)20(26)11-10-18-16-25(15-17-7-3-2-4-8-17)23-21(18)19-9-5-14-27-19/h2-5,7-11,14,16H,6,13,15H2,1H3/b11-10+. The number of aromatic nitrogens is 2. The summed E-state index contributed by atoms with van der Waals surface area (Å²) >= 11 is 1.62. The molecular weight excluding hydrogens is 356 g/mol. The topological polar surface area (TPSA) is 61.9 Å². The van der Waals surface area contributed by atoms with Crippen molar-refractivity contribution in [2.45, 2.75) is 13.0 Å². The maximum Gasteiger partial charge on any atom is 0.246 e. The summed E-state index contributed by atoms with van der Waals surface area (Å²) in [6.07, 6.45) is 5.62. The molecule has 0 radical (unpaired) electrons. The fraction of sp³-hybridized carbons (Fsp3) is 0.190. The van der Waals surface area contributed by atoms with Gasteiger partial charge in [-0.1, -0.05) is 36.4 Å². The van der Waals surface area contributed by atoms with Gasteiger partial charge in [-0.2, -0.15) is 10.4 Å². The molecule has 6 heteroatoms. The van der Waals surface area contributed by atoms with Crippen LogP contribution in [0.1, 0.15) is 17.5 Å². The van der Waals surface area contributed by atoms with Crippen LogP contribution in [-0.2, 0) is 11.3 Å². The van der Waals surface area contributed by atoms with Gasteiger partial charge in [0.25, 0.3) is 0 Å². The number of rotatable bonds is 7. The van der Waals surface area contributed by atoms with Crippen molar-refractivity contribution in [3.8, 4) is 16.6 Å². The maximum atomic E-state index is 12.2. The number of nitriles is 1. The van der Waals surface area contributed by atoms with Crippen LogP contribution in [0.3, 0.4) is 0 Å². The van der Waals surface area contributed by atoms with Gasteiger partial charge in [0.05, 0.1) is 23.9 Å². The number of benzene rings is 1. The number of likely N-dealkylation sites (N-methyl/N-ethyl adjacent to an activating group) is 1. The molecule has 0 spiro atoms. The van der Waals surface area contributed by atoms with Crippen molar-refractivity contribution < 1.29 is 4.79 Å². The molecule has 0 saturated heterocycles. The van der Waals surface area contributed by atoms with Crippen molar-refractivity contribution in [3.63, 3.8) is 0 Å². The third-order valence-electron chi connectivity index (χ3n) is 4.07. The summed E-state index contributed by atoms with van der Waals surface area (Å²) < 4.78 is 1.90. The minimum atomic E-state index is -0.127. The predicted octanol–water partition coefficient (Wildman–Crippen LogP) is 4.05. The number of carbonyl (C=O) groups excluding carboxylic acids is 1. The molecule has 136 valence electrons. The zero-order chi connectivity index (χ0) is 19.1. The molecule has 2 aromatic heterocycles. The van der Waals surface area contributed by atoms with E-state index in [-0.39, 0.29) is 5.91 Å². The van der Waals surface area contributed by atoms with Gasteiger partial charge in [0.1, 0.15) is 5.69 Å². The molecule has 1 amide bonds. The van der Waals surface area contributed by atoms with E-state index in [1.165, 1.54) is 5.56 Å². The largest absolute Gasteiger partial charge is 0.341 e. The van der Waals surface area contributed by atoms with E-state index in [4.69, 9.17) is 10.4 Å². The van der Waals surface area contributed by atoms with Crippen LogP contribution >= 0.6 is 11.3 Å². The van der Waals surface area contributed by atoms with Gasteiger partial charge in [-0.15, -0.1) is 11.3 Å². The summed E-state index contributed by atoms with van der Waals surface area (Å²) in [7, 11) is 1.70. The van der Waals surface area contributed by atoms with Gasteiger partial charge in [0.2, 0.25) is 5.91 Å². The van der Waals surface area contributed by atoms with Crippen molar-refractivity contribution in [1.82, 2.24) is 14.7 Å². The SMILES string of the molecule is CN(CCC#N)C(=O)/C=C/c1cn(Cc2ccccc2)nc1-c1cccs1. The summed E-state index contributed by atoms with van der Waals surface area (Å²) in [4.78, 5) is 14.8. The molecule has 0 aliphatic heterocycles. The fourth-order valence-electron chi connectivity index (χ4n) is 2.63. The monoisotopic (exact) mass is 376 g/mol. The summed E-state index contributed by atoms with van der Waals surface area (Å²) in [6, 6.07) is 16.2. The first kappa shape index (κ1) is 18.6. The molecule has 3 rings (SSSR count). The molecule has 27 heavy (non-hydrogen) atoms. The average molecular weight is 376 g/mol. The van der Waals surface area contributed by atoms with Gasteiger partial charge in [0, 0.05) is 31.4 Å². The Morgan fingerprint density at radius 2 is 2.11 bits per heavy atom. The van der Waals surface area contributed by atoms with Gasteiger partial charge in [-0.3, -0.25) is 9.48 Å². The highest BCUT2D eigenvalue weighted by Crippen LogP contribution is 2.27. The van der Waals surface area contributed by atoms with Crippen molar-refractivity contribution in [1.29, 1.82) is 5.26 Å². The van der Waals surface area contributed by atoms with E-state index in [1.807, 2.05) is 46.6 Å².